The van der Waals surface area contributed by atoms with Gasteiger partial charge in [0.2, 0.25) is 0 Å². The average molecular weight is 614 g/mol. The smallest absolute Gasteiger partial charge is 1.00 e. The number of aryl methyl sites for hydroxylation is 3. The molecule has 0 aromatic heterocycles. The van der Waals surface area contributed by atoms with Crippen LogP contribution < -0.4 is 44.6 Å². The quantitative estimate of drug-likeness (QED) is 0.404. The Balaban J connectivity index is 0. The number of para-hydroxylation sites is 1. The van der Waals surface area contributed by atoms with Crippen molar-refractivity contribution in [2.24, 2.45) is 0 Å². The average Bonchev–Trinajstić information content (AvgIpc) is 2.64. The van der Waals surface area contributed by atoms with Gasteiger partial charge in [-0.3, -0.25) is 0 Å². The van der Waals surface area contributed by atoms with Gasteiger partial charge in [0.05, 0.1) is 0 Å². The first-order valence-electron chi connectivity index (χ1n) is 11.1. The van der Waals surface area contributed by atoms with Crippen LogP contribution in [0.5, 0.6) is 0 Å². The molecule has 2 aromatic carbocycles. The summed E-state index contributed by atoms with van der Waals surface area (Å²) in [6, 6.07) is 11.1. The topological polar surface area (TPSA) is 27.3 Å². The van der Waals surface area contributed by atoms with Gasteiger partial charge in [-0.25, -0.2) is 0 Å². The van der Waals surface area contributed by atoms with E-state index in [1.54, 1.807) is 0 Å². The Hall–Kier alpha value is -0.534. The van der Waals surface area contributed by atoms with Crippen molar-refractivity contribution in [2.75, 3.05) is 43.9 Å². The van der Waals surface area contributed by atoms with E-state index in [4.69, 9.17) is 0 Å². The predicted molar refractivity (Wildman–Crippen MR) is 130 cm³/mol. The van der Waals surface area contributed by atoms with Gasteiger partial charge < -0.3 is 49.5 Å². The van der Waals surface area contributed by atoms with Crippen LogP contribution in [0.25, 0.3) is 0 Å². The molecule has 0 bridgehead atoms. The summed E-state index contributed by atoms with van der Waals surface area (Å²) in [7, 11) is 2.20. The second-order valence-electron chi connectivity index (χ2n) is 9.05. The fraction of sp³-hybridized carbons (Fsp3) is 0.538. The van der Waals surface area contributed by atoms with E-state index in [9.17, 15) is 0 Å². The maximum absolute atomic E-state index is 3.77. The Morgan fingerprint density at radius 3 is 1.56 bits per heavy atom. The van der Waals surface area contributed by atoms with Crippen LogP contribution in [0.2, 0.25) is 0 Å². The fourth-order valence-corrected chi connectivity index (χ4v) is 3.91. The first-order chi connectivity index (χ1) is 13.7. The number of hydrogen-bond acceptors (Lipinski definition) is 3. The van der Waals surface area contributed by atoms with Crippen molar-refractivity contribution in [2.45, 2.75) is 60.3 Å². The molecule has 0 atom stereocenters. The molecule has 6 heteroatoms. The van der Waals surface area contributed by atoms with Gasteiger partial charge in [0, 0.05) is 37.6 Å². The van der Waals surface area contributed by atoms with E-state index in [0.29, 0.717) is 11.8 Å². The summed E-state index contributed by atoms with van der Waals surface area (Å²) < 4.78 is 0. The second kappa shape index (κ2) is 16.2. The minimum atomic E-state index is 0. The first-order valence-corrected chi connectivity index (χ1v) is 11.1. The molecule has 32 heavy (non-hydrogen) atoms. The number of anilines is 2. The Morgan fingerprint density at radius 1 is 0.750 bits per heavy atom. The molecule has 0 spiro atoms. The molecule has 0 heterocycles. The molecular formula is C26H41Br2CoN3. The zero-order valence-electron chi connectivity index (χ0n) is 20.9. The molecule has 0 amide bonds. The van der Waals surface area contributed by atoms with Crippen LogP contribution in [-0.4, -0.2) is 38.1 Å². The van der Waals surface area contributed by atoms with Crippen LogP contribution in [0, 0.1) is 20.8 Å². The molecular weight excluding hydrogens is 573 g/mol. The van der Waals surface area contributed by atoms with Gasteiger partial charge in [0.1, 0.15) is 0 Å². The Labute approximate surface area is 228 Å². The van der Waals surface area contributed by atoms with Crippen molar-refractivity contribution in [3.05, 3.63) is 58.1 Å². The first kappa shape index (κ1) is 33.6. The monoisotopic (exact) mass is 612 g/mol. The maximum atomic E-state index is 3.77. The largest absolute Gasteiger partial charge is 2.00 e. The molecule has 0 aliphatic rings. The summed E-state index contributed by atoms with van der Waals surface area (Å²) in [6.07, 6.45) is 0. The van der Waals surface area contributed by atoms with Crippen molar-refractivity contribution in [3.8, 4) is 0 Å². The molecule has 2 rings (SSSR count). The van der Waals surface area contributed by atoms with E-state index in [1.807, 2.05) is 0 Å². The van der Waals surface area contributed by atoms with Crippen molar-refractivity contribution in [1.82, 2.24) is 4.90 Å². The zero-order valence-corrected chi connectivity index (χ0v) is 25.1. The zero-order chi connectivity index (χ0) is 21.6. The Morgan fingerprint density at radius 2 is 1.16 bits per heavy atom. The van der Waals surface area contributed by atoms with Gasteiger partial charge in [-0.05, 0) is 61.9 Å². The molecule has 0 fully saturated rings. The number of hydrogen-bond donors (Lipinski definition) is 2. The molecule has 0 saturated carbocycles. The molecule has 0 saturated heterocycles. The van der Waals surface area contributed by atoms with E-state index < -0.39 is 0 Å². The molecule has 183 valence electrons. The summed E-state index contributed by atoms with van der Waals surface area (Å²) in [6.45, 7) is 19.7. The van der Waals surface area contributed by atoms with Crippen LogP contribution in [0.15, 0.2) is 30.3 Å². The summed E-state index contributed by atoms with van der Waals surface area (Å²) in [5, 5.41) is 7.38. The minimum absolute atomic E-state index is 0. The molecule has 1 radical (unpaired) electrons. The van der Waals surface area contributed by atoms with Crippen LogP contribution >= 0.6 is 0 Å². The van der Waals surface area contributed by atoms with Gasteiger partial charge in [0.15, 0.2) is 0 Å². The fourth-order valence-electron chi connectivity index (χ4n) is 3.91. The number of nitrogens with one attached hydrogen (secondary N) is 2. The number of likely N-dealkylation sites (N-methyl/N-ethyl adjacent to an activating group) is 1. The number of nitrogens with zero attached hydrogens (tertiary/aromatic N) is 1. The van der Waals surface area contributed by atoms with E-state index in [0.717, 1.165) is 26.2 Å². The van der Waals surface area contributed by atoms with Crippen LogP contribution in [-0.2, 0) is 16.8 Å². The van der Waals surface area contributed by atoms with Gasteiger partial charge >= 0.3 is 16.8 Å². The summed E-state index contributed by atoms with van der Waals surface area (Å²) in [5.41, 5.74) is 9.50. The summed E-state index contributed by atoms with van der Waals surface area (Å²) in [4.78, 5) is 2.39. The summed E-state index contributed by atoms with van der Waals surface area (Å²) in [5.74, 6) is 1.04. The van der Waals surface area contributed by atoms with E-state index in [-0.39, 0.29) is 50.7 Å². The van der Waals surface area contributed by atoms with Crippen LogP contribution in [0.4, 0.5) is 11.4 Å². The third-order valence-electron chi connectivity index (χ3n) is 5.66. The van der Waals surface area contributed by atoms with Crippen LogP contribution in [0.1, 0.15) is 67.3 Å². The van der Waals surface area contributed by atoms with Crippen molar-refractivity contribution < 1.29 is 50.7 Å². The Bertz CT molecular complexity index is 760. The number of benzene rings is 2. The normalized spacial score (nSPS) is 10.5. The van der Waals surface area contributed by atoms with E-state index in [1.165, 1.54) is 39.2 Å². The third kappa shape index (κ3) is 9.76. The van der Waals surface area contributed by atoms with E-state index >= 15 is 0 Å². The number of halogens is 2. The SMILES string of the molecule is Cc1cc(C(C)C)c(NCCN(C)CCNc2c(C)cccc2C)c(C(C)C)c1.[Br-].[Br-].[Co+2]. The van der Waals surface area contributed by atoms with Crippen LogP contribution in [0.3, 0.4) is 0 Å². The second-order valence-corrected chi connectivity index (χ2v) is 9.05. The number of rotatable bonds is 10. The van der Waals surface area contributed by atoms with Gasteiger partial charge in [0.25, 0.3) is 0 Å². The van der Waals surface area contributed by atoms with Gasteiger partial charge in [-0.1, -0.05) is 63.6 Å². The Kier molecular flexibility index (Phi) is 17.0. The molecule has 0 aliphatic heterocycles. The molecule has 0 unspecified atom stereocenters. The van der Waals surface area contributed by atoms with Crippen molar-refractivity contribution in [3.63, 3.8) is 0 Å². The van der Waals surface area contributed by atoms with Gasteiger partial charge in [-0.15, -0.1) is 0 Å². The predicted octanol–water partition coefficient (Wildman–Crippen LogP) is 0.320. The van der Waals surface area contributed by atoms with Crippen molar-refractivity contribution in [1.29, 1.82) is 0 Å². The van der Waals surface area contributed by atoms with E-state index in [2.05, 4.69) is 101 Å². The maximum Gasteiger partial charge on any atom is 2.00 e. The van der Waals surface area contributed by atoms with Gasteiger partial charge in [-0.2, -0.15) is 0 Å². The molecule has 2 N–H and O–H groups in total. The third-order valence-corrected chi connectivity index (χ3v) is 5.66. The molecule has 2 aromatic rings. The summed E-state index contributed by atoms with van der Waals surface area (Å²) >= 11 is 0. The molecule has 3 nitrogen and oxygen atoms in total. The molecule has 0 aliphatic carbocycles. The standard InChI is InChI=1S/C26H41N3.2BrH.Co/c1-18(2)23-16-20(5)17-24(19(3)4)26(23)28-13-15-29(8)14-12-27-25-21(6)10-9-11-22(25)7;;;/h9-11,16-19,27-28H,12-15H2,1-8H3;2*1H;/q;;;+2/p-2. The van der Waals surface area contributed by atoms with Crippen molar-refractivity contribution >= 4 is 11.4 Å². The minimum Gasteiger partial charge on any atom is -1.00 e.